The standard InChI is InChI=1S/C14H11BrClF2N/c1-19-14(8-2-4-9(15)5-3-8)10-6-13(18)11(16)7-12(10)17/h2-7,14,19H,1H3. The van der Waals surface area contributed by atoms with Crippen LogP contribution in [0.4, 0.5) is 8.78 Å². The van der Waals surface area contributed by atoms with Crippen molar-refractivity contribution in [2.24, 2.45) is 0 Å². The Morgan fingerprint density at radius 1 is 1.11 bits per heavy atom. The fourth-order valence-electron chi connectivity index (χ4n) is 1.92. The molecule has 0 radical (unpaired) electrons. The topological polar surface area (TPSA) is 12.0 Å². The molecule has 0 fully saturated rings. The Labute approximate surface area is 123 Å². The van der Waals surface area contributed by atoms with Crippen molar-refractivity contribution in [2.75, 3.05) is 7.05 Å². The van der Waals surface area contributed by atoms with Gasteiger partial charge >= 0.3 is 0 Å². The van der Waals surface area contributed by atoms with E-state index in [0.29, 0.717) is 0 Å². The van der Waals surface area contributed by atoms with Crippen molar-refractivity contribution < 1.29 is 8.78 Å². The first-order chi connectivity index (χ1) is 9.02. The van der Waals surface area contributed by atoms with E-state index < -0.39 is 17.7 Å². The Balaban J connectivity index is 2.47. The van der Waals surface area contributed by atoms with Crippen LogP contribution in [-0.4, -0.2) is 7.05 Å². The zero-order valence-electron chi connectivity index (χ0n) is 10.1. The summed E-state index contributed by atoms with van der Waals surface area (Å²) in [5.41, 5.74) is 1.07. The molecule has 2 aromatic carbocycles. The highest BCUT2D eigenvalue weighted by Gasteiger charge is 2.18. The molecule has 0 amide bonds. The summed E-state index contributed by atoms with van der Waals surface area (Å²) in [6.07, 6.45) is 0. The van der Waals surface area contributed by atoms with E-state index in [-0.39, 0.29) is 10.6 Å². The number of hydrogen-bond donors (Lipinski definition) is 1. The van der Waals surface area contributed by atoms with Crippen molar-refractivity contribution >= 4 is 27.5 Å². The number of hydrogen-bond acceptors (Lipinski definition) is 1. The van der Waals surface area contributed by atoms with E-state index in [1.165, 1.54) is 0 Å². The third kappa shape index (κ3) is 3.14. The molecule has 0 aliphatic rings. The van der Waals surface area contributed by atoms with Gasteiger partial charge in [-0.25, -0.2) is 8.78 Å². The van der Waals surface area contributed by atoms with Crippen molar-refractivity contribution in [3.05, 3.63) is 68.7 Å². The first-order valence-corrected chi connectivity index (χ1v) is 6.77. The largest absolute Gasteiger partial charge is 0.309 e. The highest BCUT2D eigenvalue weighted by molar-refractivity contribution is 9.10. The van der Waals surface area contributed by atoms with Gasteiger partial charge in [-0.1, -0.05) is 39.7 Å². The monoisotopic (exact) mass is 345 g/mol. The van der Waals surface area contributed by atoms with E-state index in [4.69, 9.17) is 11.6 Å². The first kappa shape index (κ1) is 14.4. The fourth-order valence-corrected chi connectivity index (χ4v) is 2.33. The van der Waals surface area contributed by atoms with Gasteiger partial charge in [0.15, 0.2) is 0 Å². The summed E-state index contributed by atoms with van der Waals surface area (Å²) in [6, 6.07) is 9.08. The van der Waals surface area contributed by atoms with Crippen LogP contribution < -0.4 is 5.32 Å². The molecule has 1 unspecified atom stereocenters. The number of rotatable bonds is 3. The molecule has 0 saturated heterocycles. The first-order valence-electron chi connectivity index (χ1n) is 5.60. The van der Waals surface area contributed by atoms with Gasteiger partial charge in [0, 0.05) is 10.0 Å². The number of benzene rings is 2. The van der Waals surface area contributed by atoms with Crippen molar-refractivity contribution in [3.63, 3.8) is 0 Å². The summed E-state index contributed by atoms with van der Waals surface area (Å²) in [6.45, 7) is 0. The molecule has 1 atom stereocenters. The molecule has 1 N–H and O–H groups in total. The Kier molecular flexibility index (Phi) is 4.55. The van der Waals surface area contributed by atoms with Gasteiger partial charge in [-0.05, 0) is 36.9 Å². The van der Waals surface area contributed by atoms with E-state index >= 15 is 0 Å². The highest BCUT2D eigenvalue weighted by Crippen LogP contribution is 2.28. The summed E-state index contributed by atoms with van der Waals surface area (Å²) in [7, 11) is 1.69. The van der Waals surface area contributed by atoms with Crippen molar-refractivity contribution in [2.45, 2.75) is 6.04 Å². The second-order valence-corrected chi connectivity index (χ2v) is 5.38. The van der Waals surface area contributed by atoms with Crippen molar-refractivity contribution in [3.8, 4) is 0 Å². The molecule has 0 aliphatic carbocycles. The molecule has 5 heteroatoms. The summed E-state index contributed by atoms with van der Waals surface area (Å²) in [4.78, 5) is 0. The molecule has 2 rings (SSSR count). The maximum Gasteiger partial charge on any atom is 0.142 e. The summed E-state index contributed by atoms with van der Waals surface area (Å²) >= 11 is 8.90. The minimum absolute atomic E-state index is 0.216. The molecule has 100 valence electrons. The molecular weight excluding hydrogens is 336 g/mol. The zero-order valence-corrected chi connectivity index (χ0v) is 12.4. The van der Waals surface area contributed by atoms with Crippen LogP contribution in [0.2, 0.25) is 5.02 Å². The van der Waals surface area contributed by atoms with Gasteiger partial charge in [-0.15, -0.1) is 0 Å². The normalized spacial score (nSPS) is 12.5. The second kappa shape index (κ2) is 5.99. The SMILES string of the molecule is CNC(c1ccc(Br)cc1)c1cc(F)c(Cl)cc1F. The molecule has 0 saturated carbocycles. The van der Waals surface area contributed by atoms with Crippen LogP contribution in [0.25, 0.3) is 0 Å². The van der Waals surface area contributed by atoms with E-state index in [1.54, 1.807) is 7.05 Å². The van der Waals surface area contributed by atoms with Gasteiger partial charge in [-0.2, -0.15) is 0 Å². The Bertz CT molecular complexity index is 587. The van der Waals surface area contributed by atoms with E-state index in [2.05, 4.69) is 21.2 Å². The average molecular weight is 347 g/mol. The van der Waals surface area contributed by atoms with Crippen LogP contribution in [0.15, 0.2) is 40.9 Å². The lowest BCUT2D eigenvalue weighted by Gasteiger charge is -2.18. The fraction of sp³-hybridized carbons (Fsp3) is 0.143. The van der Waals surface area contributed by atoms with Gasteiger partial charge in [0.2, 0.25) is 0 Å². The Morgan fingerprint density at radius 3 is 2.32 bits per heavy atom. The molecule has 0 aliphatic heterocycles. The summed E-state index contributed by atoms with van der Waals surface area (Å²) in [5, 5.41) is 2.76. The second-order valence-electron chi connectivity index (χ2n) is 4.06. The minimum Gasteiger partial charge on any atom is -0.309 e. The zero-order chi connectivity index (χ0) is 14.0. The van der Waals surface area contributed by atoms with Crippen LogP contribution in [0.5, 0.6) is 0 Å². The van der Waals surface area contributed by atoms with E-state index in [0.717, 1.165) is 22.2 Å². The van der Waals surface area contributed by atoms with Gasteiger partial charge in [0.05, 0.1) is 11.1 Å². The van der Waals surface area contributed by atoms with Crippen molar-refractivity contribution in [1.82, 2.24) is 5.32 Å². The van der Waals surface area contributed by atoms with Crippen LogP contribution >= 0.6 is 27.5 Å². The van der Waals surface area contributed by atoms with E-state index in [9.17, 15) is 8.78 Å². The maximum atomic E-state index is 13.9. The van der Waals surface area contributed by atoms with Gasteiger partial charge in [-0.3, -0.25) is 0 Å². The van der Waals surface area contributed by atoms with Gasteiger partial charge in [0.25, 0.3) is 0 Å². The lowest BCUT2D eigenvalue weighted by molar-refractivity contribution is 0.558. The molecule has 1 nitrogen and oxygen atoms in total. The lowest BCUT2D eigenvalue weighted by atomic mass is 9.98. The number of nitrogens with one attached hydrogen (secondary N) is 1. The third-order valence-electron chi connectivity index (χ3n) is 2.84. The van der Waals surface area contributed by atoms with Crippen molar-refractivity contribution in [1.29, 1.82) is 0 Å². The van der Waals surface area contributed by atoms with Crippen LogP contribution in [0.1, 0.15) is 17.2 Å². The molecule has 0 aromatic heterocycles. The number of halogens is 4. The Hall–Kier alpha value is -0.970. The van der Waals surface area contributed by atoms with Gasteiger partial charge in [0.1, 0.15) is 11.6 Å². The molecule has 19 heavy (non-hydrogen) atoms. The van der Waals surface area contributed by atoms with E-state index in [1.807, 2.05) is 24.3 Å². The predicted octanol–water partition coefficient (Wildman–Crippen LogP) is 4.69. The molecule has 0 bridgehead atoms. The van der Waals surface area contributed by atoms with Crippen LogP contribution in [0.3, 0.4) is 0 Å². The smallest absolute Gasteiger partial charge is 0.142 e. The molecular formula is C14H11BrClF2N. The molecule has 0 spiro atoms. The highest BCUT2D eigenvalue weighted by atomic mass is 79.9. The lowest BCUT2D eigenvalue weighted by Crippen LogP contribution is -2.19. The van der Waals surface area contributed by atoms with Crippen LogP contribution in [0, 0.1) is 11.6 Å². The van der Waals surface area contributed by atoms with Gasteiger partial charge < -0.3 is 5.32 Å². The maximum absolute atomic E-state index is 13.9. The molecule has 2 aromatic rings. The van der Waals surface area contributed by atoms with Crippen LogP contribution in [-0.2, 0) is 0 Å². The third-order valence-corrected chi connectivity index (χ3v) is 3.66. The average Bonchev–Trinajstić information content (AvgIpc) is 2.38. The Morgan fingerprint density at radius 2 is 1.74 bits per heavy atom. The predicted molar refractivity (Wildman–Crippen MR) is 76.4 cm³/mol. The minimum atomic E-state index is -0.629. The summed E-state index contributed by atoms with van der Waals surface area (Å²) in [5.74, 6) is -1.16. The quantitative estimate of drug-likeness (QED) is 0.795. The summed E-state index contributed by atoms with van der Waals surface area (Å²) < 4.78 is 28.4. The molecule has 0 heterocycles.